The molecule has 0 aliphatic heterocycles. The van der Waals surface area contributed by atoms with E-state index in [9.17, 15) is 8.42 Å². The number of halogens is 1. The molecule has 0 aromatic carbocycles. The highest BCUT2D eigenvalue weighted by molar-refractivity contribution is 7.73. The van der Waals surface area contributed by atoms with Crippen molar-refractivity contribution in [2.75, 3.05) is 5.88 Å². The van der Waals surface area contributed by atoms with Crippen LogP contribution in [0, 0.1) is 6.92 Å². The highest BCUT2D eigenvalue weighted by Gasteiger charge is 2.07. The molecule has 0 aromatic rings. The Balaban J connectivity index is 3.61. The summed E-state index contributed by atoms with van der Waals surface area (Å²) < 4.78 is 20.7. The minimum Gasteiger partial charge on any atom is -0.232 e. The smallest absolute Gasteiger partial charge is 0.144 e. The fourth-order valence-electron chi connectivity index (χ4n) is 0.619. The molecule has 0 aliphatic rings. The van der Waals surface area contributed by atoms with E-state index in [4.69, 9.17) is 11.6 Å². The summed E-state index contributed by atoms with van der Waals surface area (Å²) in [4.78, 5) is 0. The predicted molar refractivity (Wildman–Crippen MR) is 44.0 cm³/mol. The van der Waals surface area contributed by atoms with Gasteiger partial charge in [0.2, 0.25) is 0 Å². The van der Waals surface area contributed by atoms with Crippen LogP contribution in [0.3, 0.4) is 0 Å². The van der Waals surface area contributed by atoms with Gasteiger partial charge in [-0.15, -0.1) is 11.6 Å². The third-order valence-electron chi connectivity index (χ3n) is 1.26. The molecular weight excluding hydrogens is 172 g/mol. The number of hydrogen-bond donors (Lipinski definition) is 1. The molecule has 2 nitrogen and oxygen atoms in total. The summed E-state index contributed by atoms with van der Waals surface area (Å²) >= 11 is 5.39. The van der Waals surface area contributed by atoms with Crippen molar-refractivity contribution in [1.82, 2.24) is 0 Å². The molecule has 0 saturated heterocycles. The molecular formula is C6H12ClO2S. The average Bonchev–Trinajstić information content (AvgIpc) is 1.89. The second kappa shape index (κ2) is 5.98. The molecule has 4 heteroatoms. The topological polar surface area (TPSA) is 34.1 Å². The monoisotopic (exact) mass is 183 g/mol. The molecule has 0 fully saturated rings. The number of thiol groups is 1. The Morgan fingerprint density at radius 3 is 2.40 bits per heavy atom. The molecule has 0 spiro atoms. The lowest BCUT2D eigenvalue weighted by Crippen LogP contribution is -2.10. The van der Waals surface area contributed by atoms with Crippen molar-refractivity contribution in [1.29, 1.82) is 0 Å². The summed E-state index contributed by atoms with van der Waals surface area (Å²) in [6.07, 6.45) is 2.25. The van der Waals surface area contributed by atoms with Gasteiger partial charge < -0.3 is 0 Å². The zero-order valence-electron chi connectivity index (χ0n) is 5.75. The summed E-state index contributed by atoms with van der Waals surface area (Å²) in [5.41, 5.74) is 0. The average molecular weight is 184 g/mol. The van der Waals surface area contributed by atoms with Crippen molar-refractivity contribution in [2.45, 2.75) is 24.5 Å². The second-order valence-electron chi connectivity index (χ2n) is 2.09. The summed E-state index contributed by atoms with van der Waals surface area (Å²) in [6.45, 7) is 3.61. The fraction of sp³-hybridized carbons (Fsp3) is 0.833. The maximum Gasteiger partial charge on any atom is 0.144 e. The van der Waals surface area contributed by atoms with Crippen molar-refractivity contribution < 1.29 is 8.42 Å². The van der Waals surface area contributed by atoms with E-state index in [1.54, 1.807) is 0 Å². The zero-order valence-corrected chi connectivity index (χ0v) is 7.40. The minimum atomic E-state index is -2.34. The van der Waals surface area contributed by atoms with Gasteiger partial charge in [0.05, 0.1) is 5.25 Å². The first-order valence-corrected chi connectivity index (χ1v) is 4.99. The van der Waals surface area contributed by atoms with Crippen LogP contribution in [0.25, 0.3) is 0 Å². The predicted octanol–water partition coefficient (Wildman–Crippen LogP) is 1.21. The highest BCUT2D eigenvalue weighted by Crippen LogP contribution is 2.04. The first-order valence-electron chi connectivity index (χ1n) is 3.21. The lowest BCUT2D eigenvalue weighted by Gasteiger charge is -2.02. The molecule has 61 valence electrons. The van der Waals surface area contributed by atoms with Crippen LogP contribution in [0.2, 0.25) is 0 Å². The van der Waals surface area contributed by atoms with Gasteiger partial charge in [0.15, 0.2) is 0 Å². The number of hydrogen-bond acceptors (Lipinski definition) is 2. The van der Waals surface area contributed by atoms with E-state index in [0.29, 0.717) is 6.42 Å². The van der Waals surface area contributed by atoms with Gasteiger partial charge >= 0.3 is 0 Å². The van der Waals surface area contributed by atoms with E-state index in [0.717, 1.165) is 12.8 Å². The molecule has 0 aliphatic carbocycles. The van der Waals surface area contributed by atoms with Gasteiger partial charge in [-0.05, 0) is 6.42 Å². The van der Waals surface area contributed by atoms with E-state index in [1.807, 2.05) is 0 Å². The lowest BCUT2D eigenvalue weighted by molar-refractivity contribution is 0.594. The molecule has 1 atom stereocenters. The largest absolute Gasteiger partial charge is 0.232 e. The van der Waals surface area contributed by atoms with Crippen molar-refractivity contribution in [3.05, 3.63) is 6.92 Å². The SMILES string of the molecule is [CH2]CCCC(CCl)[SH](=O)=O. The van der Waals surface area contributed by atoms with Crippen LogP contribution in [0.1, 0.15) is 19.3 Å². The first-order chi connectivity index (χ1) is 4.72. The third-order valence-corrected chi connectivity index (χ3v) is 2.89. The zero-order chi connectivity index (χ0) is 7.98. The summed E-state index contributed by atoms with van der Waals surface area (Å²) in [6, 6.07) is 0. The maximum atomic E-state index is 10.4. The van der Waals surface area contributed by atoms with Crippen molar-refractivity contribution in [2.24, 2.45) is 0 Å². The summed E-state index contributed by atoms with van der Waals surface area (Å²) in [5.74, 6) is 0.207. The Morgan fingerprint density at radius 2 is 2.10 bits per heavy atom. The molecule has 10 heavy (non-hydrogen) atoms. The maximum absolute atomic E-state index is 10.4. The number of alkyl halides is 1. The number of rotatable bonds is 5. The molecule has 0 N–H and O–H groups in total. The van der Waals surface area contributed by atoms with Crippen LogP contribution in [0.5, 0.6) is 0 Å². The second-order valence-corrected chi connectivity index (χ2v) is 3.70. The fourth-order valence-corrected chi connectivity index (χ4v) is 1.62. The third kappa shape index (κ3) is 4.12. The molecule has 0 rings (SSSR count). The van der Waals surface area contributed by atoms with Crippen molar-refractivity contribution in [3.63, 3.8) is 0 Å². The molecule has 0 aromatic heterocycles. The quantitative estimate of drug-likeness (QED) is 0.514. The Kier molecular flexibility index (Phi) is 6.13. The highest BCUT2D eigenvalue weighted by atomic mass is 35.5. The van der Waals surface area contributed by atoms with E-state index in [1.165, 1.54) is 0 Å². The van der Waals surface area contributed by atoms with Crippen molar-refractivity contribution >= 4 is 22.3 Å². The molecule has 0 saturated carbocycles. The lowest BCUT2D eigenvalue weighted by atomic mass is 10.2. The Morgan fingerprint density at radius 1 is 1.50 bits per heavy atom. The van der Waals surface area contributed by atoms with E-state index in [2.05, 4.69) is 6.92 Å². The molecule has 1 unspecified atom stereocenters. The van der Waals surface area contributed by atoms with Crippen LogP contribution in [-0.2, 0) is 10.7 Å². The van der Waals surface area contributed by atoms with E-state index < -0.39 is 10.7 Å². The molecule has 0 amide bonds. The van der Waals surface area contributed by atoms with Gasteiger partial charge in [0, 0.05) is 5.88 Å². The molecule has 1 radical (unpaired) electrons. The van der Waals surface area contributed by atoms with Crippen LogP contribution >= 0.6 is 11.6 Å². The van der Waals surface area contributed by atoms with E-state index >= 15 is 0 Å². The van der Waals surface area contributed by atoms with Crippen molar-refractivity contribution in [3.8, 4) is 0 Å². The Labute approximate surface area is 68.5 Å². The standard InChI is InChI=1S/C6H12ClO2S/c1-2-3-4-6(5-7)10(8)9/h6,10H,1-5H2. The molecule has 0 heterocycles. The van der Waals surface area contributed by atoms with Crippen LogP contribution in [0.4, 0.5) is 0 Å². The molecule has 0 bridgehead atoms. The van der Waals surface area contributed by atoms with Gasteiger partial charge in [-0.2, -0.15) is 0 Å². The Bertz CT molecular complexity index is 137. The normalized spacial score (nSPS) is 13.9. The minimum absolute atomic E-state index is 0.207. The van der Waals surface area contributed by atoms with E-state index in [-0.39, 0.29) is 11.1 Å². The first kappa shape index (κ1) is 10.2. The van der Waals surface area contributed by atoms with Gasteiger partial charge in [-0.3, -0.25) is 0 Å². The van der Waals surface area contributed by atoms with Crippen LogP contribution in [0.15, 0.2) is 0 Å². The van der Waals surface area contributed by atoms with Gasteiger partial charge in [-0.25, -0.2) is 8.42 Å². The summed E-state index contributed by atoms with van der Waals surface area (Å²) in [5, 5.41) is -0.349. The van der Waals surface area contributed by atoms with Crippen LogP contribution < -0.4 is 0 Å². The van der Waals surface area contributed by atoms with Gasteiger partial charge in [0.1, 0.15) is 10.7 Å². The van der Waals surface area contributed by atoms with Gasteiger partial charge in [-0.1, -0.05) is 19.8 Å². The number of unbranched alkanes of at least 4 members (excludes halogenated alkanes) is 1. The Hall–Kier alpha value is 0.240. The van der Waals surface area contributed by atoms with Gasteiger partial charge in [0.25, 0.3) is 0 Å². The van der Waals surface area contributed by atoms with Crippen LogP contribution in [-0.4, -0.2) is 19.5 Å². The summed E-state index contributed by atoms with van der Waals surface area (Å²) in [7, 11) is -2.34.